The first-order chi connectivity index (χ1) is 5.99. The van der Waals surface area contributed by atoms with E-state index >= 15 is 0 Å². The van der Waals surface area contributed by atoms with Crippen LogP contribution in [0.4, 0.5) is 0 Å². The lowest BCUT2D eigenvalue weighted by molar-refractivity contribution is -0.142. The predicted octanol–water partition coefficient (Wildman–Crippen LogP) is 1.95. The van der Waals surface area contributed by atoms with Crippen LogP contribution in [0.15, 0.2) is 0 Å². The minimum Gasteiger partial charge on any atom is -0.481 e. The highest BCUT2D eigenvalue weighted by molar-refractivity contribution is 6.40. The maximum Gasteiger partial charge on any atom is 0.308 e. The molecule has 0 saturated heterocycles. The van der Waals surface area contributed by atoms with Gasteiger partial charge in [-0.25, -0.2) is 0 Å². The molecule has 1 N–H and O–H groups in total. The molecule has 13 heavy (non-hydrogen) atoms. The number of carboxylic acids is 1. The Hall–Kier alpha value is -0.353. The van der Waals surface area contributed by atoms with Crippen LogP contribution >= 0.6 is 0 Å². The van der Waals surface area contributed by atoms with Gasteiger partial charge in [0.15, 0.2) is 0 Å². The molecule has 2 radical (unpaired) electrons. The molecule has 0 rings (SSSR count). The van der Waals surface area contributed by atoms with Crippen LogP contribution < -0.4 is 0 Å². The molecule has 3 nitrogen and oxygen atoms in total. The van der Waals surface area contributed by atoms with E-state index in [4.69, 9.17) is 9.53 Å². The topological polar surface area (TPSA) is 46.5 Å². The molecule has 0 fully saturated rings. The molecule has 76 valence electrons. The Morgan fingerprint density at radius 3 is 2.46 bits per heavy atom. The monoisotopic (exact) mass is 202 g/mol. The molecule has 0 amide bonds. The van der Waals surface area contributed by atoms with Crippen LogP contribution in [0.2, 0.25) is 5.04 Å². The zero-order valence-electron chi connectivity index (χ0n) is 8.76. The van der Waals surface area contributed by atoms with E-state index in [1.807, 2.05) is 20.8 Å². The fraction of sp³-hybridized carbons (Fsp3) is 0.889. The second-order valence-electron chi connectivity index (χ2n) is 3.35. The van der Waals surface area contributed by atoms with E-state index in [9.17, 15) is 4.79 Å². The maximum atomic E-state index is 11.1. The summed E-state index contributed by atoms with van der Waals surface area (Å²) in [5, 5.41) is 8.37. The van der Waals surface area contributed by atoms with E-state index < -0.39 is 11.0 Å². The molecule has 0 aromatic rings. The van der Waals surface area contributed by atoms with Gasteiger partial charge < -0.3 is 9.53 Å². The Labute approximate surface area is 82.4 Å². The number of hydrogen-bond donors (Lipinski definition) is 1. The zero-order chi connectivity index (χ0) is 10.5. The second-order valence-corrected chi connectivity index (χ2v) is 4.88. The number of carbonyl (C=O) groups is 1. The van der Waals surface area contributed by atoms with Crippen LogP contribution in [0, 0.1) is 5.92 Å². The molecular formula is C9H18O3Si. The Balaban J connectivity index is 4.42. The molecule has 0 aliphatic rings. The summed E-state index contributed by atoms with van der Waals surface area (Å²) < 4.78 is 5.23. The summed E-state index contributed by atoms with van der Waals surface area (Å²) >= 11 is 0. The van der Waals surface area contributed by atoms with Crippen molar-refractivity contribution in [2.24, 2.45) is 5.92 Å². The highest BCUT2D eigenvalue weighted by atomic mass is 28.2. The summed E-state index contributed by atoms with van der Waals surface area (Å²) in [4.78, 5) is 11.1. The predicted molar refractivity (Wildman–Crippen MR) is 52.8 cm³/mol. The first kappa shape index (κ1) is 12.6. The Morgan fingerprint density at radius 2 is 2.15 bits per heavy atom. The Morgan fingerprint density at radius 1 is 1.62 bits per heavy atom. The lowest BCUT2D eigenvalue weighted by Crippen LogP contribution is -2.34. The number of aliphatic carboxylic acids is 1. The first-order valence-electron chi connectivity index (χ1n) is 4.61. The van der Waals surface area contributed by atoms with Gasteiger partial charge in [-0.3, -0.25) is 4.79 Å². The lowest BCUT2D eigenvalue weighted by atomic mass is 9.92. The first-order valence-corrected chi connectivity index (χ1v) is 5.52. The number of carboxylic acid groups (broad SMARTS) is 1. The van der Waals surface area contributed by atoms with Gasteiger partial charge in [0.25, 0.3) is 0 Å². The Kier molecular flexibility index (Phi) is 5.25. The van der Waals surface area contributed by atoms with Gasteiger partial charge in [-0.05, 0) is 19.8 Å². The zero-order valence-corrected chi connectivity index (χ0v) is 9.76. The summed E-state index contributed by atoms with van der Waals surface area (Å²) in [5.41, 5.74) is 0. The molecule has 0 spiro atoms. The van der Waals surface area contributed by atoms with E-state index in [1.54, 1.807) is 6.92 Å². The summed E-state index contributed by atoms with van der Waals surface area (Å²) in [5.74, 6) is -0.608. The quantitative estimate of drug-likeness (QED) is 0.670. The van der Waals surface area contributed by atoms with Gasteiger partial charge in [0.2, 0.25) is 9.76 Å². The molecule has 0 aromatic heterocycles. The van der Waals surface area contributed by atoms with E-state index in [0.717, 1.165) is 6.42 Å². The van der Waals surface area contributed by atoms with Crippen molar-refractivity contribution in [1.29, 1.82) is 0 Å². The van der Waals surface area contributed by atoms with Gasteiger partial charge in [0.05, 0.1) is 5.04 Å². The van der Waals surface area contributed by atoms with Crippen LogP contribution in [0.25, 0.3) is 0 Å². The van der Waals surface area contributed by atoms with Gasteiger partial charge in [0.1, 0.15) is 0 Å². The molecule has 2 unspecified atom stereocenters. The highest BCUT2D eigenvalue weighted by Crippen LogP contribution is 2.36. The fourth-order valence-electron chi connectivity index (χ4n) is 0.985. The maximum absolute atomic E-state index is 11.1. The highest BCUT2D eigenvalue weighted by Gasteiger charge is 2.39. The van der Waals surface area contributed by atoms with Gasteiger partial charge in [-0.15, -0.1) is 0 Å². The van der Waals surface area contributed by atoms with E-state index in [2.05, 4.69) is 0 Å². The summed E-state index contributed by atoms with van der Waals surface area (Å²) in [6, 6.07) is 0. The van der Waals surface area contributed by atoms with E-state index in [0.29, 0.717) is 6.61 Å². The van der Waals surface area contributed by atoms with Crippen LogP contribution in [0.3, 0.4) is 0 Å². The lowest BCUT2D eigenvalue weighted by Gasteiger charge is -2.28. The van der Waals surface area contributed by atoms with Gasteiger partial charge >= 0.3 is 5.97 Å². The molecule has 0 aliphatic heterocycles. The molecule has 0 bridgehead atoms. The van der Waals surface area contributed by atoms with Crippen molar-refractivity contribution in [2.45, 2.75) is 39.2 Å². The summed E-state index contributed by atoms with van der Waals surface area (Å²) in [6.07, 6.45) is 0.864. The SMILES string of the molecule is CCO[Si]C(C)(C(=O)O)C(C)CC. The van der Waals surface area contributed by atoms with Crippen LogP contribution in [0.5, 0.6) is 0 Å². The Bertz CT molecular complexity index is 172. The van der Waals surface area contributed by atoms with Crippen LogP contribution in [0.1, 0.15) is 34.1 Å². The third kappa shape index (κ3) is 3.12. The standard InChI is InChI=1S/C9H18O3Si/c1-5-7(3)9(4,8(10)11)13-12-6-2/h7H,5-6H2,1-4H3,(H,10,11). The molecule has 0 heterocycles. The van der Waals surface area contributed by atoms with Crippen molar-refractivity contribution in [3.05, 3.63) is 0 Å². The van der Waals surface area contributed by atoms with E-state index in [-0.39, 0.29) is 15.7 Å². The van der Waals surface area contributed by atoms with Crippen molar-refractivity contribution in [3.63, 3.8) is 0 Å². The van der Waals surface area contributed by atoms with Crippen molar-refractivity contribution >= 4 is 15.7 Å². The van der Waals surface area contributed by atoms with Crippen LogP contribution in [-0.4, -0.2) is 27.4 Å². The van der Waals surface area contributed by atoms with Crippen LogP contribution in [-0.2, 0) is 9.22 Å². The molecular weight excluding hydrogens is 184 g/mol. The van der Waals surface area contributed by atoms with E-state index in [1.165, 1.54) is 0 Å². The van der Waals surface area contributed by atoms with Gasteiger partial charge in [-0.2, -0.15) is 0 Å². The smallest absolute Gasteiger partial charge is 0.308 e. The average Bonchev–Trinajstić information content (AvgIpc) is 2.12. The van der Waals surface area contributed by atoms with Crippen molar-refractivity contribution in [3.8, 4) is 0 Å². The minimum absolute atomic E-state index is 0.0442. The van der Waals surface area contributed by atoms with Crippen molar-refractivity contribution < 1.29 is 14.3 Å². The molecule has 0 saturated carbocycles. The second kappa shape index (κ2) is 5.39. The minimum atomic E-state index is -0.756. The third-order valence-electron chi connectivity index (χ3n) is 2.47. The van der Waals surface area contributed by atoms with Crippen molar-refractivity contribution in [2.75, 3.05) is 6.61 Å². The van der Waals surface area contributed by atoms with Crippen molar-refractivity contribution in [1.82, 2.24) is 0 Å². The number of hydrogen-bond acceptors (Lipinski definition) is 2. The normalized spacial score (nSPS) is 17.8. The third-order valence-corrected chi connectivity index (χ3v) is 4.03. The molecule has 0 aliphatic carbocycles. The molecule has 2 atom stereocenters. The molecule has 4 heteroatoms. The van der Waals surface area contributed by atoms with Gasteiger partial charge in [-0.1, -0.05) is 20.3 Å². The summed E-state index contributed by atoms with van der Waals surface area (Å²) in [6.45, 7) is 8.18. The largest absolute Gasteiger partial charge is 0.481 e. The summed E-state index contributed by atoms with van der Waals surface area (Å²) in [7, 11) is 0.0442. The average molecular weight is 202 g/mol. The number of rotatable bonds is 6. The van der Waals surface area contributed by atoms with Gasteiger partial charge in [0, 0.05) is 6.61 Å². The molecule has 0 aromatic carbocycles. The fourth-order valence-corrected chi connectivity index (χ4v) is 1.92.